The third kappa shape index (κ3) is 4.70. The highest BCUT2D eigenvalue weighted by Gasteiger charge is 2.51. The lowest BCUT2D eigenvalue weighted by Gasteiger charge is -2.32. The summed E-state index contributed by atoms with van der Waals surface area (Å²) in [7, 11) is -0.395. The van der Waals surface area contributed by atoms with Gasteiger partial charge < -0.3 is 19.9 Å². The molecule has 2 aliphatic heterocycles. The molecule has 0 bridgehead atoms. The van der Waals surface area contributed by atoms with Crippen LogP contribution in [0.1, 0.15) is 73.2 Å². The molecule has 1 aromatic heterocycles. The van der Waals surface area contributed by atoms with Crippen molar-refractivity contribution in [2.24, 2.45) is 0 Å². The number of carbonyl (C=O) groups is 1. The molecule has 0 saturated carbocycles. The summed E-state index contributed by atoms with van der Waals surface area (Å²) in [5.74, 6) is 7.23. The highest BCUT2D eigenvalue weighted by molar-refractivity contribution is 6.62. The van der Waals surface area contributed by atoms with Crippen molar-refractivity contribution in [3.05, 3.63) is 48.3 Å². The fourth-order valence-corrected chi connectivity index (χ4v) is 4.91. The Morgan fingerprint density at radius 3 is 2.30 bits per heavy atom. The molecule has 2 aliphatic rings. The van der Waals surface area contributed by atoms with E-state index >= 15 is 0 Å². The molecule has 2 saturated heterocycles. The first kappa shape index (κ1) is 25.6. The Bertz CT molecular complexity index is 1310. The van der Waals surface area contributed by atoms with Crippen molar-refractivity contribution in [1.29, 1.82) is 0 Å². The van der Waals surface area contributed by atoms with Gasteiger partial charge in [0.05, 0.1) is 28.3 Å². The highest BCUT2D eigenvalue weighted by atomic mass is 16.7. The van der Waals surface area contributed by atoms with Gasteiger partial charge in [-0.2, -0.15) is 0 Å². The lowest BCUT2D eigenvalue weighted by Crippen LogP contribution is -2.41. The smallest absolute Gasteiger partial charge is 0.444 e. The number of amides is 1. The maximum Gasteiger partial charge on any atom is 0.494 e. The number of fused-ring (bicyclic) bond motifs is 1. The highest BCUT2D eigenvalue weighted by Crippen LogP contribution is 2.37. The maximum absolute atomic E-state index is 12.8. The van der Waals surface area contributed by atoms with E-state index in [4.69, 9.17) is 24.9 Å². The summed E-state index contributed by atoms with van der Waals surface area (Å²) in [6.07, 6.45) is 1.35. The van der Waals surface area contributed by atoms with Crippen LogP contribution in [0.25, 0.3) is 22.2 Å². The topological polar surface area (TPSA) is 91.8 Å². The number of rotatable bonds is 3. The van der Waals surface area contributed by atoms with E-state index in [0.717, 1.165) is 40.5 Å². The number of benzene rings is 2. The van der Waals surface area contributed by atoms with Crippen LogP contribution < -0.4 is 11.3 Å². The van der Waals surface area contributed by atoms with Gasteiger partial charge in [-0.15, -0.1) is 0 Å². The minimum absolute atomic E-state index is 0.213. The van der Waals surface area contributed by atoms with Crippen molar-refractivity contribution in [2.45, 2.75) is 84.2 Å². The van der Waals surface area contributed by atoms with Crippen LogP contribution in [0.3, 0.4) is 0 Å². The molecule has 2 N–H and O–H groups in total. The second-order valence-corrected chi connectivity index (χ2v) is 12.1. The molecule has 9 heteroatoms. The average molecular weight is 504 g/mol. The molecule has 196 valence electrons. The van der Waals surface area contributed by atoms with Gasteiger partial charge in [0.1, 0.15) is 5.60 Å². The van der Waals surface area contributed by atoms with Gasteiger partial charge in [0.15, 0.2) is 5.82 Å². The van der Waals surface area contributed by atoms with Gasteiger partial charge in [-0.05, 0) is 90.0 Å². The molecule has 37 heavy (non-hydrogen) atoms. The second kappa shape index (κ2) is 8.77. The van der Waals surface area contributed by atoms with Crippen molar-refractivity contribution in [1.82, 2.24) is 14.6 Å². The first-order valence-corrected chi connectivity index (χ1v) is 13.0. The number of imidazole rings is 1. The zero-order valence-corrected chi connectivity index (χ0v) is 22.9. The summed E-state index contributed by atoms with van der Waals surface area (Å²) in [5, 5.41) is 0. The van der Waals surface area contributed by atoms with E-state index in [9.17, 15) is 4.79 Å². The predicted octanol–water partition coefficient (Wildman–Crippen LogP) is 4.79. The minimum Gasteiger partial charge on any atom is -0.444 e. The average Bonchev–Trinajstić information content (AvgIpc) is 3.47. The SMILES string of the molecule is CC(C)(C)OC(=O)N1CCC[C@H]1c1nc2ccc(-c3ccc(B4OC(C)(C)C(C)(C)O4)cc3)cc2n1N. The normalized spacial score (nSPS) is 21.1. The number of hydrogen-bond acceptors (Lipinski definition) is 6. The van der Waals surface area contributed by atoms with Crippen LogP contribution in [-0.2, 0) is 14.0 Å². The first-order chi connectivity index (χ1) is 17.3. The summed E-state index contributed by atoms with van der Waals surface area (Å²) in [5.41, 5.74) is 3.37. The third-order valence-corrected chi connectivity index (χ3v) is 7.67. The van der Waals surface area contributed by atoms with Gasteiger partial charge in [-0.25, -0.2) is 14.5 Å². The molecule has 2 aromatic carbocycles. The molecule has 0 spiro atoms. The molecular formula is C28H37BN4O4. The van der Waals surface area contributed by atoms with E-state index in [-0.39, 0.29) is 23.3 Å². The van der Waals surface area contributed by atoms with E-state index in [2.05, 4.69) is 39.8 Å². The molecular weight excluding hydrogens is 467 g/mol. The number of nitrogens with zero attached hydrogens (tertiary/aromatic N) is 3. The zero-order chi connectivity index (χ0) is 26.8. The number of carbonyl (C=O) groups excluding carboxylic acids is 1. The Balaban J connectivity index is 1.39. The molecule has 1 atom stereocenters. The third-order valence-electron chi connectivity index (χ3n) is 7.67. The number of aromatic nitrogens is 2. The van der Waals surface area contributed by atoms with Crippen LogP contribution in [0.5, 0.6) is 0 Å². The second-order valence-electron chi connectivity index (χ2n) is 12.1. The number of ether oxygens (including phenoxy) is 1. The summed E-state index contributed by atoms with van der Waals surface area (Å²) >= 11 is 0. The molecule has 0 unspecified atom stereocenters. The van der Waals surface area contributed by atoms with E-state index in [0.29, 0.717) is 12.4 Å². The van der Waals surface area contributed by atoms with E-state index < -0.39 is 12.7 Å². The van der Waals surface area contributed by atoms with Crippen LogP contribution in [0.15, 0.2) is 42.5 Å². The number of nitrogen functional groups attached to an aromatic ring is 1. The molecule has 2 fully saturated rings. The quantitative estimate of drug-likeness (QED) is 0.408. The molecule has 5 rings (SSSR count). The summed E-state index contributed by atoms with van der Waals surface area (Å²) in [4.78, 5) is 19.4. The minimum atomic E-state index is -0.556. The maximum atomic E-state index is 12.8. The Labute approximate surface area is 219 Å². The first-order valence-electron chi connectivity index (χ1n) is 13.0. The Kier molecular flexibility index (Phi) is 6.07. The molecule has 3 aromatic rings. The van der Waals surface area contributed by atoms with E-state index in [1.54, 1.807) is 9.58 Å². The summed E-state index contributed by atoms with van der Waals surface area (Å²) in [6.45, 7) is 14.5. The predicted molar refractivity (Wildman–Crippen MR) is 146 cm³/mol. The van der Waals surface area contributed by atoms with Gasteiger partial charge in [-0.1, -0.05) is 30.3 Å². The Hall–Kier alpha value is -3.04. The van der Waals surface area contributed by atoms with Crippen LogP contribution in [0.4, 0.5) is 4.79 Å². The lowest BCUT2D eigenvalue weighted by molar-refractivity contribution is 0.00578. The van der Waals surface area contributed by atoms with Crippen molar-refractivity contribution < 1.29 is 18.8 Å². The molecule has 0 radical (unpaired) electrons. The van der Waals surface area contributed by atoms with E-state index in [1.165, 1.54) is 0 Å². The van der Waals surface area contributed by atoms with Crippen LogP contribution in [0, 0.1) is 0 Å². The fourth-order valence-electron chi connectivity index (χ4n) is 4.91. The van der Waals surface area contributed by atoms with Gasteiger partial charge in [0.2, 0.25) is 0 Å². The number of likely N-dealkylation sites (tertiary alicyclic amines) is 1. The molecule has 1 amide bonds. The van der Waals surface area contributed by atoms with Gasteiger partial charge in [0.25, 0.3) is 0 Å². The summed E-state index contributed by atoms with van der Waals surface area (Å²) < 4.78 is 19.6. The van der Waals surface area contributed by atoms with Crippen molar-refractivity contribution in [3.8, 4) is 11.1 Å². The van der Waals surface area contributed by atoms with Crippen molar-refractivity contribution >= 4 is 29.7 Å². The van der Waals surface area contributed by atoms with Gasteiger partial charge in [-0.3, -0.25) is 4.90 Å². The largest absolute Gasteiger partial charge is 0.494 e. The number of nitrogens with two attached hydrogens (primary N) is 1. The van der Waals surface area contributed by atoms with Crippen LogP contribution in [0.2, 0.25) is 0 Å². The molecule has 3 heterocycles. The Morgan fingerprint density at radius 1 is 1.05 bits per heavy atom. The summed E-state index contributed by atoms with van der Waals surface area (Å²) in [6, 6.07) is 14.1. The standard InChI is InChI=1S/C28H37BN4O4/c1-26(2,3)35-25(34)32-16-8-9-22(32)24-31-21-15-12-19(17-23(21)33(24)30)18-10-13-20(14-11-18)29-36-27(4,5)28(6,7)37-29/h10-15,17,22H,8-9,16,30H2,1-7H3/t22-/m0/s1. The van der Waals surface area contributed by atoms with Gasteiger partial charge >= 0.3 is 13.2 Å². The lowest BCUT2D eigenvalue weighted by atomic mass is 9.78. The van der Waals surface area contributed by atoms with Crippen LogP contribution in [-0.4, -0.2) is 51.1 Å². The van der Waals surface area contributed by atoms with Gasteiger partial charge in [0, 0.05) is 6.54 Å². The Morgan fingerprint density at radius 2 is 1.68 bits per heavy atom. The monoisotopic (exact) mass is 504 g/mol. The zero-order valence-electron chi connectivity index (χ0n) is 22.9. The fraction of sp³-hybridized carbons (Fsp3) is 0.500. The van der Waals surface area contributed by atoms with E-state index in [1.807, 2.05) is 51.1 Å². The van der Waals surface area contributed by atoms with Crippen molar-refractivity contribution in [2.75, 3.05) is 12.4 Å². The molecule has 8 nitrogen and oxygen atoms in total. The molecule has 0 aliphatic carbocycles. The van der Waals surface area contributed by atoms with Crippen LogP contribution >= 0.6 is 0 Å². The number of hydrogen-bond donors (Lipinski definition) is 1. The van der Waals surface area contributed by atoms with Crippen molar-refractivity contribution in [3.63, 3.8) is 0 Å².